The molecule has 0 amide bonds. The number of anilines is 4. The molecule has 0 aliphatic carbocycles. The van der Waals surface area contributed by atoms with Crippen LogP contribution in [0.15, 0.2) is 42.7 Å². The maximum Gasteiger partial charge on any atom is 0.417 e. The maximum atomic E-state index is 13.1. The van der Waals surface area contributed by atoms with E-state index in [1.165, 1.54) is 19.2 Å². The van der Waals surface area contributed by atoms with E-state index in [-0.39, 0.29) is 23.0 Å². The van der Waals surface area contributed by atoms with Crippen LogP contribution in [0.1, 0.15) is 5.56 Å². The Labute approximate surface area is 183 Å². The van der Waals surface area contributed by atoms with Gasteiger partial charge in [-0.3, -0.25) is 10.1 Å². The predicted octanol–water partition coefficient (Wildman–Crippen LogP) is 6.21. The van der Waals surface area contributed by atoms with Gasteiger partial charge in [-0.1, -0.05) is 23.2 Å². The molecule has 0 aliphatic rings. The molecule has 0 spiro atoms. The molecule has 0 radical (unpaired) electrons. The molecule has 3 rings (SSSR count). The normalized spacial score (nSPS) is 11.2. The van der Waals surface area contributed by atoms with E-state index in [1.807, 2.05) is 0 Å². The van der Waals surface area contributed by atoms with Crippen molar-refractivity contribution in [2.75, 3.05) is 17.7 Å². The number of halogens is 5. The summed E-state index contributed by atoms with van der Waals surface area (Å²) in [5, 5.41) is 16.8. The van der Waals surface area contributed by atoms with Crippen LogP contribution in [0.25, 0.3) is 0 Å². The zero-order valence-corrected chi connectivity index (χ0v) is 17.0. The fourth-order valence-electron chi connectivity index (χ4n) is 2.60. The van der Waals surface area contributed by atoms with E-state index in [2.05, 4.69) is 20.6 Å². The van der Waals surface area contributed by atoms with Gasteiger partial charge in [-0.25, -0.2) is 9.97 Å². The Morgan fingerprint density at radius 1 is 1.06 bits per heavy atom. The first kappa shape index (κ1) is 22.4. The van der Waals surface area contributed by atoms with Crippen molar-refractivity contribution < 1.29 is 22.8 Å². The lowest BCUT2D eigenvalue weighted by Crippen LogP contribution is -2.08. The van der Waals surface area contributed by atoms with Crippen LogP contribution >= 0.6 is 23.2 Å². The van der Waals surface area contributed by atoms with Gasteiger partial charge in [0.25, 0.3) is 0 Å². The van der Waals surface area contributed by atoms with Crippen molar-refractivity contribution in [3.05, 3.63) is 68.4 Å². The Hall–Kier alpha value is -3.31. The van der Waals surface area contributed by atoms with E-state index in [4.69, 9.17) is 27.9 Å². The number of nitrogens with one attached hydrogen (secondary N) is 2. The van der Waals surface area contributed by atoms with Gasteiger partial charge in [0.05, 0.1) is 28.3 Å². The minimum absolute atomic E-state index is 0.107. The SMILES string of the molecule is COc1ccc(Cl)cc1Nc1ncnc(Nc2ccc(Cl)c(C(F)(F)F)c2)c1[N+](=O)[O-]. The van der Waals surface area contributed by atoms with Crippen molar-refractivity contribution >= 4 is 51.9 Å². The summed E-state index contributed by atoms with van der Waals surface area (Å²) in [6, 6.07) is 7.55. The average molecular weight is 474 g/mol. The molecule has 0 bridgehead atoms. The summed E-state index contributed by atoms with van der Waals surface area (Å²) in [6.45, 7) is 0. The van der Waals surface area contributed by atoms with E-state index in [0.29, 0.717) is 10.8 Å². The molecule has 0 saturated heterocycles. The molecule has 13 heteroatoms. The van der Waals surface area contributed by atoms with Gasteiger partial charge in [0.15, 0.2) is 0 Å². The third kappa shape index (κ3) is 5.06. The molecule has 31 heavy (non-hydrogen) atoms. The molecule has 0 unspecified atom stereocenters. The highest BCUT2D eigenvalue weighted by Crippen LogP contribution is 2.39. The third-order valence-electron chi connectivity index (χ3n) is 3.95. The lowest BCUT2D eigenvalue weighted by atomic mass is 10.2. The minimum Gasteiger partial charge on any atom is -0.495 e. The number of hydrogen-bond donors (Lipinski definition) is 2. The number of hydrogen-bond acceptors (Lipinski definition) is 7. The topological polar surface area (TPSA) is 102 Å². The molecule has 1 heterocycles. The van der Waals surface area contributed by atoms with E-state index in [0.717, 1.165) is 18.5 Å². The molecule has 0 saturated carbocycles. The molecule has 8 nitrogen and oxygen atoms in total. The van der Waals surface area contributed by atoms with Crippen molar-refractivity contribution in [2.24, 2.45) is 0 Å². The van der Waals surface area contributed by atoms with Gasteiger partial charge in [-0.05, 0) is 36.4 Å². The Bertz CT molecular complexity index is 1140. The quantitative estimate of drug-likeness (QED) is 0.324. The number of benzene rings is 2. The Kier molecular flexibility index (Phi) is 6.37. The van der Waals surface area contributed by atoms with Crippen LogP contribution in [-0.4, -0.2) is 22.0 Å². The van der Waals surface area contributed by atoms with Gasteiger partial charge in [0.2, 0.25) is 11.6 Å². The van der Waals surface area contributed by atoms with E-state index >= 15 is 0 Å². The van der Waals surface area contributed by atoms with E-state index in [1.54, 1.807) is 12.1 Å². The second kappa shape index (κ2) is 8.82. The molecule has 162 valence electrons. The number of nitro groups is 1. The standard InChI is InChI=1S/C18H12Cl2F3N5O3/c1-31-14-5-2-9(19)6-13(14)27-17-15(28(29)30)16(24-8-25-17)26-10-3-4-12(20)11(7-10)18(21,22)23/h2-8H,1H3,(H2,24,25,26,27). The smallest absolute Gasteiger partial charge is 0.417 e. The Balaban J connectivity index is 2.02. The number of nitrogens with zero attached hydrogens (tertiary/aromatic N) is 3. The predicted molar refractivity (Wildman–Crippen MR) is 110 cm³/mol. The summed E-state index contributed by atoms with van der Waals surface area (Å²) in [4.78, 5) is 18.6. The fraction of sp³-hybridized carbons (Fsp3) is 0.111. The number of methoxy groups -OCH3 is 1. The summed E-state index contributed by atoms with van der Waals surface area (Å²) in [6.07, 6.45) is -3.70. The summed E-state index contributed by atoms with van der Waals surface area (Å²) < 4.78 is 44.5. The van der Waals surface area contributed by atoms with E-state index < -0.39 is 27.4 Å². The summed E-state index contributed by atoms with van der Waals surface area (Å²) in [5.41, 5.74) is -1.52. The van der Waals surface area contributed by atoms with Gasteiger partial charge in [0, 0.05) is 10.7 Å². The van der Waals surface area contributed by atoms with Gasteiger partial charge in [-0.2, -0.15) is 13.2 Å². The van der Waals surface area contributed by atoms with Crippen LogP contribution < -0.4 is 15.4 Å². The lowest BCUT2D eigenvalue weighted by molar-refractivity contribution is -0.383. The van der Waals surface area contributed by atoms with Gasteiger partial charge < -0.3 is 15.4 Å². The molecular formula is C18H12Cl2F3N5O3. The van der Waals surface area contributed by atoms with Gasteiger partial charge in [0.1, 0.15) is 12.1 Å². The van der Waals surface area contributed by atoms with Crippen LogP contribution in [0.3, 0.4) is 0 Å². The highest BCUT2D eigenvalue weighted by molar-refractivity contribution is 6.31. The molecular weight excluding hydrogens is 462 g/mol. The first-order valence-corrected chi connectivity index (χ1v) is 9.09. The van der Waals surface area contributed by atoms with Crippen LogP contribution in [0.2, 0.25) is 10.0 Å². The molecule has 2 aromatic carbocycles. The first-order chi connectivity index (χ1) is 14.6. The van der Waals surface area contributed by atoms with Crippen molar-refractivity contribution in [1.82, 2.24) is 9.97 Å². The molecule has 3 aromatic rings. The highest BCUT2D eigenvalue weighted by atomic mass is 35.5. The summed E-state index contributed by atoms with van der Waals surface area (Å²) in [7, 11) is 1.40. The number of rotatable bonds is 6. The zero-order chi connectivity index (χ0) is 22.8. The maximum absolute atomic E-state index is 13.1. The van der Waals surface area contributed by atoms with E-state index in [9.17, 15) is 23.3 Å². The molecule has 0 atom stereocenters. The third-order valence-corrected chi connectivity index (χ3v) is 4.52. The zero-order valence-electron chi connectivity index (χ0n) is 15.5. The van der Waals surface area contributed by atoms with Crippen LogP contribution in [0.4, 0.5) is 41.9 Å². The second-order valence-electron chi connectivity index (χ2n) is 5.96. The van der Waals surface area contributed by atoms with Crippen LogP contribution in [0, 0.1) is 10.1 Å². The van der Waals surface area contributed by atoms with Gasteiger partial charge in [-0.15, -0.1) is 0 Å². The minimum atomic E-state index is -4.71. The summed E-state index contributed by atoms with van der Waals surface area (Å²) >= 11 is 11.6. The molecule has 1 aromatic heterocycles. The number of alkyl halides is 3. The van der Waals surface area contributed by atoms with Crippen molar-refractivity contribution in [2.45, 2.75) is 6.18 Å². The highest BCUT2D eigenvalue weighted by Gasteiger charge is 2.33. The first-order valence-electron chi connectivity index (χ1n) is 8.34. The summed E-state index contributed by atoms with van der Waals surface area (Å²) in [5.74, 6) is -0.230. The van der Waals surface area contributed by atoms with Crippen molar-refractivity contribution in [1.29, 1.82) is 0 Å². The molecule has 0 aliphatic heterocycles. The van der Waals surface area contributed by atoms with Crippen molar-refractivity contribution in [3.63, 3.8) is 0 Å². The van der Waals surface area contributed by atoms with Crippen molar-refractivity contribution in [3.8, 4) is 5.75 Å². The monoisotopic (exact) mass is 473 g/mol. The fourth-order valence-corrected chi connectivity index (χ4v) is 2.99. The molecule has 2 N–H and O–H groups in total. The average Bonchev–Trinajstić information content (AvgIpc) is 2.68. The van der Waals surface area contributed by atoms with Crippen LogP contribution in [0.5, 0.6) is 5.75 Å². The molecule has 0 fully saturated rings. The largest absolute Gasteiger partial charge is 0.495 e. The van der Waals surface area contributed by atoms with Gasteiger partial charge >= 0.3 is 11.9 Å². The van der Waals surface area contributed by atoms with Crippen LogP contribution in [-0.2, 0) is 6.18 Å². The second-order valence-corrected chi connectivity index (χ2v) is 6.81. The Morgan fingerprint density at radius 3 is 2.35 bits per heavy atom. The number of ether oxygens (including phenoxy) is 1. The lowest BCUT2D eigenvalue weighted by Gasteiger charge is -2.14. The number of aromatic nitrogens is 2. The Morgan fingerprint density at radius 2 is 1.74 bits per heavy atom.